The maximum atomic E-state index is 15.0. The number of piperidine rings is 2. The molecule has 2 aliphatic carbocycles. The summed E-state index contributed by atoms with van der Waals surface area (Å²) < 4.78 is 92.1. The maximum absolute atomic E-state index is 15.0. The Morgan fingerprint density at radius 2 is 1.05 bits per heavy atom. The van der Waals surface area contributed by atoms with E-state index in [1.807, 2.05) is 58.2 Å². The number of halogens is 3. The molecule has 2 unspecified atom stereocenters. The number of ether oxygens (including phenoxy) is 10. The van der Waals surface area contributed by atoms with Crippen LogP contribution < -0.4 is 49.3 Å². The third-order valence-electron chi connectivity index (χ3n) is 18.5. The zero-order chi connectivity index (χ0) is 66.5. The Hall–Kier alpha value is -8.08. The number of rotatable bonds is 21. The predicted octanol–water partition coefficient (Wildman–Crippen LogP) is 10.9. The molecule has 4 aromatic carbocycles. The molecule has 522 valence electrons. The molecule has 10 aromatic rings. The molecule has 2 aliphatic heterocycles. The molecule has 30 heteroatoms. The van der Waals surface area contributed by atoms with E-state index in [4.69, 9.17) is 77.5 Å². The molecule has 26 nitrogen and oxygen atoms in total. The molecule has 0 bridgehead atoms. The zero-order valence-corrected chi connectivity index (χ0v) is 59.3. The number of aromatic nitrogens is 12. The van der Waals surface area contributed by atoms with Crippen molar-refractivity contribution in [3.8, 4) is 34.5 Å². The van der Waals surface area contributed by atoms with Crippen molar-refractivity contribution in [3.63, 3.8) is 0 Å². The van der Waals surface area contributed by atoms with E-state index in [9.17, 15) is 8.78 Å². The van der Waals surface area contributed by atoms with E-state index in [0.29, 0.717) is 93.5 Å². The average molecular weight is 1500 g/mol. The Morgan fingerprint density at radius 3 is 1.48 bits per heavy atom. The zero-order valence-electron chi connectivity index (χ0n) is 56.1. The molecule has 6 aromatic heterocycles. The van der Waals surface area contributed by atoms with Crippen molar-refractivity contribution in [1.82, 2.24) is 64.0 Å². The van der Waals surface area contributed by atoms with Crippen molar-refractivity contribution in [1.29, 1.82) is 0 Å². The van der Waals surface area contributed by atoms with Gasteiger partial charge in [-0.25, -0.2) is 28.7 Å². The van der Waals surface area contributed by atoms with E-state index in [0.717, 1.165) is 98.1 Å². The van der Waals surface area contributed by atoms with Crippen LogP contribution in [-0.4, -0.2) is 168 Å². The first-order valence-electron chi connectivity index (χ1n) is 31.4. The van der Waals surface area contributed by atoms with Crippen LogP contribution in [0.4, 0.5) is 26.4 Å². The van der Waals surface area contributed by atoms with Crippen molar-refractivity contribution in [2.45, 2.75) is 99.9 Å². The van der Waals surface area contributed by atoms with Crippen LogP contribution in [-0.2, 0) is 52.5 Å². The van der Waals surface area contributed by atoms with Gasteiger partial charge in [-0.2, -0.15) is 19.2 Å². The average Bonchev–Trinajstić information content (AvgIpc) is 1.67. The number of methoxy groups -OCH3 is 10. The molecule has 3 N–H and O–H groups in total. The first-order valence-corrected chi connectivity index (χ1v) is 32.2. The molecule has 97 heavy (non-hydrogen) atoms. The maximum Gasteiger partial charge on any atom is 0.226 e. The first kappa shape index (κ1) is 71.7. The van der Waals surface area contributed by atoms with Gasteiger partial charge in [0.05, 0.1) is 76.2 Å². The fourth-order valence-corrected chi connectivity index (χ4v) is 13.2. The van der Waals surface area contributed by atoms with Gasteiger partial charge in [0.15, 0.2) is 57.7 Å². The van der Waals surface area contributed by atoms with Gasteiger partial charge in [-0.15, -0.1) is 10.2 Å². The minimum atomic E-state index is -0.640. The van der Waals surface area contributed by atoms with Crippen LogP contribution >= 0.6 is 15.9 Å². The van der Waals surface area contributed by atoms with Gasteiger partial charge in [0.2, 0.25) is 11.9 Å². The summed E-state index contributed by atoms with van der Waals surface area (Å²) in [6, 6.07) is 17.5. The molecule has 0 radical (unpaired) electrons. The summed E-state index contributed by atoms with van der Waals surface area (Å²) in [7, 11) is 16.0. The minimum absolute atomic E-state index is 0. The largest absolute Gasteiger partial charge is 0.497 e. The van der Waals surface area contributed by atoms with Gasteiger partial charge >= 0.3 is 0 Å². The van der Waals surface area contributed by atoms with Crippen molar-refractivity contribution in [2.24, 2.45) is 0 Å². The van der Waals surface area contributed by atoms with E-state index >= 15 is 0 Å². The third kappa shape index (κ3) is 14.5. The van der Waals surface area contributed by atoms with Crippen LogP contribution in [0.1, 0.15) is 98.1 Å². The number of benzene rings is 4. The molecule has 2 saturated carbocycles. The minimum Gasteiger partial charge on any atom is -0.497 e. The summed E-state index contributed by atoms with van der Waals surface area (Å²) in [5, 5.41) is 29.9. The van der Waals surface area contributed by atoms with E-state index in [-0.39, 0.29) is 63.3 Å². The number of anilines is 3. The van der Waals surface area contributed by atoms with Crippen molar-refractivity contribution < 1.29 is 76.6 Å². The Morgan fingerprint density at radius 1 is 0.567 bits per heavy atom. The summed E-state index contributed by atoms with van der Waals surface area (Å²) >= 11 is 3.37. The Kier molecular flexibility index (Phi) is 23.1. The summed E-state index contributed by atoms with van der Waals surface area (Å²) in [6.07, 6.45) is 15.3. The van der Waals surface area contributed by atoms with Crippen LogP contribution in [0.3, 0.4) is 0 Å². The number of hydrogen-bond donors (Lipinski definition) is 3. The summed E-state index contributed by atoms with van der Waals surface area (Å²) in [6.45, 7) is 4.24. The van der Waals surface area contributed by atoms with E-state index in [1.54, 1.807) is 84.2 Å². The van der Waals surface area contributed by atoms with Crippen molar-refractivity contribution >= 4 is 66.6 Å². The standard InChI is InChI=1S/C33H39FN8O5.C24H27FN6O3.C9H13BrN2O2.CH3.Pd/c1-43-23-9-8-20(27(13-23)44-2)16-35-32-37-26-15-28(45-3)25(34)14-24(26)31-38-30(39-42(31)32)21-7-6-12-40(18-21)22-17-36-41(19-22)29-10-11-33(29,46-4)47-5;1-32-16-7-6-14(20(9-16)33-2)13-27-24-28-19-11-21(34-3)18(25)10-17(19)23-29-22(30-31(23)24)15-5-4-8-26-12-15;1-13-9(14-2)4-3-8(9)12-6-7(10)5-11-12;;/h8-9,13-15,17,19,21,29H,6-7,10-12,16,18H2,1-5H3,(H,35,37);6-7,9-11,15,26H,4-5,8,12-13H2,1-3H3,(H,27,28);5-6,8H,3-4H2,1-2H3;1H3;/q;;;-1;/t21-,29?;15-;;;/m11.../s1. The molecular weight excluding hydrogens is 1410 g/mol. The van der Waals surface area contributed by atoms with Crippen LogP contribution in [0, 0.1) is 19.1 Å². The summed E-state index contributed by atoms with van der Waals surface area (Å²) in [4.78, 5) is 21.7. The second kappa shape index (κ2) is 31.2. The smallest absolute Gasteiger partial charge is 0.226 e. The van der Waals surface area contributed by atoms with Crippen molar-refractivity contribution in [2.75, 3.05) is 113 Å². The number of nitrogens with one attached hydrogen (secondary N) is 3. The van der Waals surface area contributed by atoms with Gasteiger partial charge in [-0.1, -0.05) is 0 Å². The monoisotopic (exact) mass is 1490 g/mol. The normalized spacial score (nSPS) is 18.5. The Labute approximate surface area is 583 Å². The summed E-state index contributed by atoms with van der Waals surface area (Å²) in [5.41, 5.74) is 5.03. The fraction of sp³-hybridized carbons (Fsp3) is 0.448. The molecule has 4 atom stereocenters. The number of hydrogen-bond acceptors (Lipinski definition) is 22. The molecule has 0 spiro atoms. The van der Waals surface area contributed by atoms with Crippen LogP contribution in [0.25, 0.3) is 33.1 Å². The first-order chi connectivity index (χ1) is 46.2. The van der Waals surface area contributed by atoms with Gasteiger partial charge in [0.1, 0.15) is 35.1 Å². The van der Waals surface area contributed by atoms with Gasteiger partial charge in [0, 0.05) is 165 Å². The predicted molar refractivity (Wildman–Crippen MR) is 361 cm³/mol. The van der Waals surface area contributed by atoms with Gasteiger partial charge < -0.3 is 75.6 Å². The molecule has 4 aliphatic rings. The molecule has 2 saturated heterocycles. The van der Waals surface area contributed by atoms with Gasteiger partial charge in [-0.3, -0.25) is 9.36 Å². The molecule has 4 fully saturated rings. The van der Waals surface area contributed by atoms with E-state index in [2.05, 4.69) is 53.2 Å². The second-order valence-corrected chi connectivity index (χ2v) is 24.5. The second-order valence-electron chi connectivity index (χ2n) is 23.5. The Balaban J connectivity index is 0.000000178. The van der Waals surface area contributed by atoms with Gasteiger partial charge in [-0.05, 0) is 97.4 Å². The third-order valence-corrected chi connectivity index (χ3v) is 18.9. The fourth-order valence-electron chi connectivity index (χ4n) is 12.9. The van der Waals surface area contributed by atoms with E-state index in [1.165, 1.54) is 26.4 Å². The van der Waals surface area contributed by atoms with Crippen molar-refractivity contribution in [3.05, 3.63) is 132 Å². The molecule has 8 heterocycles. The molecule has 14 rings (SSSR count). The molecule has 0 amide bonds. The topological polar surface area (TPSA) is 253 Å². The van der Waals surface area contributed by atoms with Crippen LogP contribution in [0.5, 0.6) is 34.5 Å². The van der Waals surface area contributed by atoms with Gasteiger partial charge in [0.25, 0.3) is 0 Å². The number of nitrogens with zero attached hydrogens (tertiary/aromatic N) is 13. The quantitative estimate of drug-likeness (QED) is 0.0343. The Bertz CT molecular complexity index is 4320. The SMILES string of the molecule is COC1(OC)CCC1n1cc(Br)cn1.COc1ccc(CNc2nc3cc(OC)c(F)cc3c3nc([C@@H]4CCCN(c5cnn(C6CCC6(OC)OC)c5)C4)nn23)c(OC)c1.COc1ccc(CNc2nc3cc(OC)c(F)cc3c3nc([C@@H]4CCCNC4)nn23)c(OC)c1.[CH3-].[Pd]. The van der Waals surface area contributed by atoms with Crippen LogP contribution in [0.15, 0.2) is 89.9 Å². The van der Waals surface area contributed by atoms with E-state index < -0.39 is 23.2 Å². The van der Waals surface area contributed by atoms with Crippen LogP contribution in [0.2, 0.25) is 0 Å². The number of fused-ring (bicyclic) bond motifs is 6. The summed E-state index contributed by atoms with van der Waals surface area (Å²) in [5.74, 6) is 3.53. The molecular formula is C67H82BrF2N16O10Pd-.